The van der Waals surface area contributed by atoms with Crippen LogP contribution in [0.1, 0.15) is 28.3 Å². The molecule has 1 aromatic heterocycles. The molecule has 0 amide bonds. The van der Waals surface area contributed by atoms with Gasteiger partial charge in [0.15, 0.2) is 6.29 Å². The molecule has 72 valence electrons. The molecule has 0 bridgehead atoms. The lowest BCUT2D eigenvalue weighted by atomic mass is 10.4. The van der Waals surface area contributed by atoms with Gasteiger partial charge in [0.1, 0.15) is 5.69 Å². The second kappa shape index (κ2) is 5.83. The number of hydrogen-bond acceptors (Lipinski definition) is 4. The summed E-state index contributed by atoms with van der Waals surface area (Å²) in [6.07, 6.45) is 3.31. The molecule has 13 heavy (non-hydrogen) atoms. The Morgan fingerprint density at radius 3 is 2.46 bits per heavy atom. The average Bonchev–Trinajstić information content (AvgIpc) is 2.76. The van der Waals surface area contributed by atoms with Crippen LogP contribution in [0.2, 0.25) is 0 Å². The maximum absolute atomic E-state index is 9.96. The van der Waals surface area contributed by atoms with Crippen molar-refractivity contribution in [3.63, 3.8) is 0 Å². The summed E-state index contributed by atoms with van der Waals surface area (Å²) < 4.78 is 4.94. The number of nitrogens with zero attached hydrogens (tertiary/aromatic N) is 1. The highest BCUT2D eigenvalue weighted by Gasteiger charge is 1.94. The summed E-state index contributed by atoms with van der Waals surface area (Å²) in [6.45, 7) is 3.87. The number of carbonyl (C=O) groups excluding carboxylic acids is 1. The normalized spacial score (nSPS) is 14.8. The number of rotatable bonds is 1. The van der Waals surface area contributed by atoms with Gasteiger partial charge in [-0.25, -0.2) is 4.98 Å². The van der Waals surface area contributed by atoms with Gasteiger partial charge in [0.2, 0.25) is 0 Å². The van der Waals surface area contributed by atoms with Crippen LogP contribution in [0.5, 0.6) is 0 Å². The Balaban J connectivity index is 0.000000145. The van der Waals surface area contributed by atoms with Gasteiger partial charge in [-0.3, -0.25) is 4.79 Å². The van der Waals surface area contributed by atoms with Crippen molar-refractivity contribution in [1.29, 1.82) is 0 Å². The van der Waals surface area contributed by atoms with E-state index in [9.17, 15) is 4.79 Å². The number of carbonyl (C=O) groups is 1. The van der Waals surface area contributed by atoms with E-state index in [1.54, 1.807) is 5.38 Å². The molecule has 3 nitrogen and oxygen atoms in total. The third-order valence-electron chi connectivity index (χ3n) is 1.58. The van der Waals surface area contributed by atoms with E-state index in [0.29, 0.717) is 5.69 Å². The molecular weight excluding hydrogens is 186 g/mol. The molecule has 0 N–H and O–H groups in total. The number of ether oxygens (including phenoxy) is 1. The van der Waals surface area contributed by atoms with Gasteiger partial charge in [0.25, 0.3) is 0 Å². The van der Waals surface area contributed by atoms with Crippen LogP contribution in [-0.4, -0.2) is 24.5 Å². The number of aldehydes is 1. The molecule has 1 aromatic rings. The molecule has 2 rings (SSSR count). The summed E-state index contributed by atoms with van der Waals surface area (Å²) in [5.41, 5.74) is 0.535. The summed E-state index contributed by atoms with van der Waals surface area (Å²) in [5.74, 6) is 0. The Morgan fingerprint density at radius 1 is 1.54 bits per heavy atom. The lowest BCUT2D eigenvalue weighted by Gasteiger charge is -1.76. The van der Waals surface area contributed by atoms with Crippen LogP contribution in [0.15, 0.2) is 5.38 Å². The van der Waals surface area contributed by atoms with E-state index in [4.69, 9.17) is 4.74 Å². The summed E-state index contributed by atoms with van der Waals surface area (Å²) in [5, 5.41) is 2.68. The van der Waals surface area contributed by atoms with Gasteiger partial charge < -0.3 is 4.74 Å². The van der Waals surface area contributed by atoms with Gasteiger partial charge in [-0.15, -0.1) is 11.3 Å². The summed E-state index contributed by atoms with van der Waals surface area (Å²) in [6, 6.07) is 0. The van der Waals surface area contributed by atoms with Crippen molar-refractivity contribution in [2.45, 2.75) is 19.8 Å². The maximum Gasteiger partial charge on any atom is 0.169 e. The largest absolute Gasteiger partial charge is 0.381 e. The molecule has 0 aliphatic carbocycles. The van der Waals surface area contributed by atoms with Crippen molar-refractivity contribution in [2.75, 3.05) is 13.2 Å². The second-order valence-electron chi connectivity index (χ2n) is 2.73. The van der Waals surface area contributed by atoms with Crippen LogP contribution in [0.25, 0.3) is 0 Å². The van der Waals surface area contributed by atoms with E-state index in [-0.39, 0.29) is 0 Å². The molecule has 2 heterocycles. The third kappa shape index (κ3) is 4.15. The lowest BCUT2D eigenvalue weighted by molar-refractivity contribution is 0.111. The summed E-state index contributed by atoms with van der Waals surface area (Å²) in [4.78, 5) is 13.8. The second-order valence-corrected chi connectivity index (χ2v) is 3.79. The molecule has 0 aromatic carbocycles. The molecule has 4 heteroatoms. The van der Waals surface area contributed by atoms with Gasteiger partial charge in [0.05, 0.1) is 5.01 Å². The number of aromatic nitrogens is 1. The minimum atomic E-state index is 0.535. The van der Waals surface area contributed by atoms with Crippen molar-refractivity contribution in [1.82, 2.24) is 4.98 Å². The van der Waals surface area contributed by atoms with E-state index in [1.807, 2.05) is 6.92 Å². The Bertz CT molecular complexity index is 248. The third-order valence-corrected chi connectivity index (χ3v) is 2.38. The van der Waals surface area contributed by atoms with E-state index >= 15 is 0 Å². The SMILES string of the molecule is C1CCOC1.Cc1nc(C=O)cs1. The number of hydrogen-bond donors (Lipinski definition) is 0. The van der Waals surface area contributed by atoms with Gasteiger partial charge in [-0.05, 0) is 19.8 Å². The topological polar surface area (TPSA) is 39.2 Å². The highest BCUT2D eigenvalue weighted by Crippen LogP contribution is 2.04. The summed E-state index contributed by atoms with van der Waals surface area (Å²) >= 11 is 1.49. The Morgan fingerprint density at radius 2 is 2.23 bits per heavy atom. The number of thiazole rings is 1. The Labute approximate surface area is 81.8 Å². The molecule has 1 fully saturated rings. The zero-order valence-corrected chi connectivity index (χ0v) is 8.47. The van der Waals surface area contributed by atoms with Crippen molar-refractivity contribution in [3.8, 4) is 0 Å². The van der Waals surface area contributed by atoms with Gasteiger partial charge in [-0.2, -0.15) is 0 Å². The van der Waals surface area contributed by atoms with E-state index < -0.39 is 0 Å². The predicted molar refractivity (Wildman–Crippen MR) is 52.3 cm³/mol. The smallest absolute Gasteiger partial charge is 0.169 e. The van der Waals surface area contributed by atoms with Crippen molar-refractivity contribution in [2.24, 2.45) is 0 Å². The standard InChI is InChI=1S/C5H5NOS.C4H8O/c1-4-6-5(2-7)3-8-4;1-2-4-5-3-1/h2-3H,1H3;1-4H2. The van der Waals surface area contributed by atoms with Crippen molar-refractivity contribution in [3.05, 3.63) is 16.1 Å². The molecule has 0 radical (unpaired) electrons. The first kappa shape index (κ1) is 10.3. The highest BCUT2D eigenvalue weighted by atomic mass is 32.1. The molecule has 0 unspecified atom stereocenters. The number of aryl methyl sites for hydroxylation is 1. The fourth-order valence-electron chi connectivity index (χ4n) is 0.945. The zero-order valence-electron chi connectivity index (χ0n) is 7.66. The minimum absolute atomic E-state index is 0.535. The molecule has 0 atom stereocenters. The molecule has 1 aliphatic heterocycles. The molecule has 1 aliphatic rings. The first-order chi connectivity index (χ1) is 6.33. The van der Waals surface area contributed by atoms with E-state index in [1.165, 1.54) is 24.2 Å². The predicted octanol–water partition coefficient (Wildman–Crippen LogP) is 2.06. The highest BCUT2D eigenvalue weighted by molar-refractivity contribution is 7.09. The fourth-order valence-corrected chi connectivity index (χ4v) is 1.50. The zero-order chi connectivity index (χ0) is 9.52. The maximum atomic E-state index is 9.96. The Hall–Kier alpha value is -0.740. The average molecular weight is 199 g/mol. The quantitative estimate of drug-likeness (QED) is 0.650. The van der Waals surface area contributed by atoms with Crippen LogP contribution < -0.4 is 0 Å². The van der Waals surface area contributed by atoms with Crippen LogP contribution >= 0.6 is 11.3 Å². The minimum Gasteiger partial charge on any atom is -0.381 e. The van der Waals surface area contributed by atoms with Gasteiger partial charge in [-0.1, -0.05) is 0 Å². The first-order valence-electron chi connectivity index (χ1n) is 4.28. The lowest BCUT2D eigenvalue weighted by Crippen LogP contribution is -1.75. The fraction of sp³-hybridized carbons (Fsp3) is 0.556. The van der Waals surface area contributed by atoms with Gasteiger partial charge >= 0.3 is 0 Å². The van der Waals surface area contributed by atoms with Crippen LogP contribution in [0.3, 0.4) is 0 Å². The molecule has 1 saturated heterocycles. The molecule has 0 saturated carbocycles. The van der Waals surface area contributed by atoms with Crippen molar-refractivity contribution >= 4 is 17.6 Å². The van der Waals surface area contributed by atoms with Crippen LogP contribution in [0.4, 0.5) is 0 Å². The van der Waals surface area contributed by atoms with Crippen LogP contribution in [0, 0.1) is 6.92 Å². The van der Waals surface area contributed by atoms with Gasteiger partial charge in [0, 0.05) is 18.6 Å². The van der Waals surface area contributed by atoms with Crippen molar-refractivity contribution < 1.29 is 9.53 Å². The molecular formula is C9H13NO2S. The summed E-state index contributed by atoms with van der Waals surface area (Å²) in [7, 11) is 0. The first-order valence-corrected chi connectivity index (χ1v) is 5.16. The Kier molecular flexibility index (Phi) is 4.64. The van der Waals surface area contributed by atoms with E-state index in [2.05, 4.69) is 4.98 Å². The monoisotopic (exact) mass is 199 g/mol. The molecule has 0 spiro atoms. The van der Waals surface area contributed by atoms with E-state index in [0.717, 1.165) is 24.5 Å². The van der Waals surface area contributed by atoms with Crippen LogP contribution in [-0.2, 0) is 4.74 Å².